The average molecular weight is 439 g/mol. The van der Waals surface area contributed by atoms with Gasteiger partial charge in [0, 0.05) is 29.1 Å². The molecule has 2 aromatic heterocycles. The Morgan fingerprint density at radius 1 is 0.903 bits per heavy atom. The first kappa shape index (κ1) is 23.5. The number of fused-ring (bicyclic) bond motifs is 1. The van der Waals surface area contributed by atoms with Crippen molar-refractivity contribution in [1.82, 2.24) is 9.55 Å². The summed E-state index contributed by atoms with van der Waals surface area (Å²) in [5.74, 6) is 0.652. The van der Waals surface area contributed by atoms with Gasteiger partial charge in [0.25, 0.3) is 0 Å². The minimum Gasteiger partial charge on any atom is -0.475 e. The van der Waals surface area contributed by atoms with Crippen molar-refractivity contribution in [2.45, 2.75) is 71.6 Å². The summed E-state index contributed by atoms with van der Waals surface area (Å²) in [6, 6.07) is 16.9. The second-order valence-corrected chi connectivity index (χ2v) is 15.7. The summed E-state index contributed by atoms with van der Waals surface area (Å²) in [7, 11) is -1.76. The molecule has 2 heterocycles. The van der Waals surface area contributed by atoms with Gasteiger partial charge in [-0.05, 0) is 35.8 Å². The van der Waals surface area contributed by atoms with Crippen LogP contribution in [0, 0.1) is 0 Å². The van der Waals surface area contributed by atoms with E-state index in [1.165, 1.54) is 11.3 Å². The molecular formula is C26H38N2O2Si. The Morgan fingerprint density at radius 2 is 1.58 bits per heavy atom. The van der Waals surface area contributed by atoms with Crippen LogP contribution in [0.1, 0.15) is 52.8 Å². The van der Waals surface area contributed by atoms with Crippen molar-refractivity contribution < 1.29 is 9.16 Å². The predicted octanol–water partition coefficient (Wildman–Crippen LogP) is 6.78. The lowest BCUT2D eigenvalue weighted by molar-refractivity contribution is 0.199. The molecule has 0 bridgehead atoms. The Morgan fingerprint density at radius 3 is 2.19 bits per heavy atom. The second-order valence-electron chi connectivity index (χ2n) is 10.9. The first-order valence-corrected chi connectivity index (χ1v) is 14.1. The Bertz CT molecular complexity index is 1010. The minimum atomic E-state index is -1.76. The van der Waals surface area contributed by atoms with Crippen molar-refractivity contribution in [2.24, 2.45) is 0 Å². The van der Waals surface area contributed by atoms with Gasteiger partial charge in [-0.25, -0.2) is 0 Å². The van der Waals surface area contributed by atoms with Gasteiger partial charge in [-0.1, -0.05) is 71.9 Å². The van der Waals surface area contributed by atoms with Gasteiger partial charge in [0.1, 0.15) is 12.3 Å². The number of ether oxygens (including phenoxy) is 1. The third kappa shape index (κ3) is 5.58. The van der Waals surface area contributed by atoms with Crippen molar-refractivity contribution in [1.29, 1.82) is 0 Å². The number of benzene rings is 1. The molecule has 4 nitrogen and oxygen atoms in total. The van der Waals surface area contributed by atoms with Crippen LogP contribution < -0.4 is 4.74 Å². The summed E-state index contributed by atoms with van der Waals surface area (Å²) >= 11 is 0. The zero-order chi connectivity index (χ0) is 22.9. The van der Waals surface area contributed by atoms with Crippen LogP contribution in [-0.4, -0.2) is 31.1 Å². The molecule has 0 saturated carbocycles. The normalized spacial score (nSPS) is 13.0. The molecule has 0 unspecified atom stereocenters. The van der Waals surface area contributed by atoms with Crippen LogP contribution in [0.4, 0.5) is 0 Å². The van der Waals surface area contributed by atoms with E-state index in [4.69, 9.17) is 14.1 Å². The number of aromatic nitrogens is 2. The zero-order valence-electron chi connectivity index (χ0n) is 20.5. The maximum absolute atomic E-state index is 6.24. The predicted molar refractivity (Wildman–Crippen MR) is 133 cm³/mol. The molecule has 31 heavy (non-hydrogen) atoms. The maximum Gasteiger partial charge on any atom is 0.215 e. The van der Waals surface area contributed by atoms with Gasteiger partial charge in [0.05, 0.1) is 6.61 Å². The van der Waals surface area contributed by atoms with Gasteiger partial charge in [0.2, 0.25) is 5.88 Å². The van der Waals surface area contributed by atoms with E-state index in [1.807, 2.05) is 6.07 Å². The first-order chi connectivity index (χ1) is 14.4. The van der Waals surface area contributed by atoms with Gasteiger partial charge in [0.15, 0.2) is 8.32 Å². The summed E-state index contributed by atoms with van der Waals surface area (Å²) in [6.45, 7) is 19.9. The van der Waals surface area contributed by atoms with Crippen molar-refractivity contribution >= 4 is 19.4 Å². The van der Waals surface area contributed by atoms with E-state index in [1.54, 1.807) is 0 Å². The third-order valence-corrected chi connectivity index (χ3v) is 10.8. The molecule has 0 spiro atoms. The van der Waals surface area contributed by atoms with Gasteiger partial charge >= 0.3 is 0 Å². The summed E-state index contributed by atoms with van der Waals surface area (Å²) in [5.41, 5.74) is 3.53. The quantitative estimate of drug-likeness (QED) is 0.301. The molecule has 168 valence electrons. The fourth-order valence-electron chi connectivity index (χ4n) is 3.40. The third-order valence-electron chi connectivity index (χ3n) is 6.27. The van der Waals surface area contributed by atoms with Gasteiger partial charge in [-0.3, -0.25) is 0 Å². The summed E-state index contributed by atoms with van der Waals surface area (Å²) in [6.07, 6.45) is 0. The van der Waals surface area contributed by atoms with E-state index < -0.39 is 8.32 Å². The Kier molecular flexibility index (Phi) is 6.68. The molecule has 0 N–H and O–H groups in total. The monoisotopic (exact) mass is 438 g/mol. The fraction of sp³-hybridized carbons (Fsp3) is 0.500. The smallest absolute Gasteiger partial charge is 0.215 e. The van der Waals surface area contributed by atoms with Gasteiger partial charge < -0.3 is 13.7 Å². The molecule has 0 radical (unpaired) electrons. The molecule has 0 aliphatic carbocycles. The molecule has 0 aliphatic rings. The van der Waals surface area contributed by atoms with Crippen LogP contribution in [0.25, 0.3) is 11.0 Å². The lowest BCUT2D eigenvalue weighted by Gasteiger charge is -2.36. The number of hydrogen-bond acceptors (Lipinski definition) is 3. The molecule has 0 aliphatic heterocycles. The van der Waals surface area contributed by atoms with Crippen LogP contribution in [0.15, 0.2) is 48.5 Å². The molecule has 1 aromatic carbocycles. The Hall–Kier alpha value is -2.11. The van der Waals surface area contributed by atoms with E-state index in [-0.39, 0.29) is 10.5 Å². The number of rotatable bonds is 7. The second kappa shape index (κ2) is 8.79. The van der Waals surface area contributed by atoms with Crippen molar-refractivity contribution in [3.63, 3.8) is 0 Å². The Labute approximate surface area is 188 Å². The number of pyridine rings is 1. The highest BCUT2D eigenvalue weighted by Gasteiger charge is 2.36. The van der Waals surface area contributed by atoms with E-state index >= 15 is 0 Å². The maximum atomic E-state index is 6.24. The largest absolute Gasteiger partial charge is 0.475 e. The Balaban J connectivity index is 1.81. The summed E-state index contributed by atoms with van der Waals surface area (Å²) in [5, 5.41) is 1.34. The molecule has 0 amide bonds. The van der Waals surface area contributed by atoms with Crippen LogP contribution in [0.3, 0.4) is 0 Å². The van der Waals surface area contributed by atoms with E-state index in [9.17, 15) is 0 Å². The highest BCUT2D eigenvalue weighted by molar-refractivity contribution is 6.74. The van der Waals surface area contributed by atoms with Crippen LogP contribution in [0.5, 0.6) is 5.88 Å². The molecule has 5 heteroatoms. The van der Waals surface area contributed by atoms with E-state index in [2.05, 4.69) is 102 Å². The standard InChI is InChI=1S/C26H38N2O2Si/c1-25(2,3)22-18-21-14-15-23(29-16-17-30-31(7,8)26(4,5)6)27-24(21)28(22)19-20-12-10-9-11-13-20/h9-15,18H,16-17,19H2,1-8H3. The number of hydrogen-bond donors (Lipinski definition) is 0. The highest BCUT2D eigenvalue weighted by atomic mass is 28.4. The van der Waals surface area contributed by atoms with Gasteiger partial charge in [-0.15, -0.1) is 0 Å². The van der Waals surface area contributed by atoms with Crippen molar-refractivity contribution in [2.75, 3.05) is 13.2 Å². The molecule has 0 saturated heterocycles. The van der Waals surface area contributed by atoms with Crippen molar-refractivity contribution in [3.05, 3.63) is 59.8 Å². The summed E-state index contributed by atoms with van der Waals surface area (Å²) < 4.78 is 14.6. The summed E-state index contributed by atoms with van der Waals surface area (Å²) in [4.78, 5) is 4.88. The molecule has 0 atom stereocenters. The van der Waals surface area contributed by atoms with E-state index in [0.29, 0.717) is 19.1 Å². The highest BCUT2D eigenvalue weighted by Crippen LogP contribution is 2.36. The average Bonchev–Trinajstić information content (AvgIpc) is 3.03. The lowest BCUT2D eigenvalue weighted by atomic mass is 9.92. The fourth-order valence-corrected chi connectivity index (χ4v) is 4.42. The van der Waals surface area contributed by atoms with Crippen LogP contribution >= 0.6 is 0 Å². The molecule has 3 rings (SSSR count). The topological polar surface area (TPSA) is 36.3 Å². The first-order valence-electron chi connectivity index (χ1n) is 11.2. The van der Waals surface area contributed by atoms with E-state index in [0.717, 1.165) is 17.6 Å². The van der Waals surface area contributed by atoms with Crippen LogP contribution in [-0.2, 0) is 16.4 Å². The molecule has 3 aromatic rings. The van der Waals surface area contributed by atoms with Crippen LogP contribution in [0.2, 0.25) is 18.1 Å². The molecule has 0 fully saturated rings. The van der Waals surface area contributed by atoms with Gasteiger partial charge in [-0.2, -0.15) is 4.98 Å². The lowest BCUT2D eigenvalue weighted by Crippen LogP contribution is -2.41. The zero-order valence-corrected chi connectivity index (χ0v) is 21.5. The molecular weight excluding hydrogens is 400 g/mol. The number of nitrogens with zero attached hydrogens (tertiary/aromatic N) is 2. The SMILES string of the molecule is CC(C)(C)c1cc2ccc(OCCO[Si](C)(C)C(C)(C)C)nc2n1Cc1ccccc1. The van der Waals surface area contributed by atoms with Crippen molar-refractivity contribution in [3.8, 4) is 5.88 Å². The minimum absolute atomic E-state index is 0.0213.